The van der Waals surface area contributed by atoms with Crippen LogP contribution in [0.25, 0.3) is 111 Å². The predicted molar refractivity (Wildman–Crippen MR) is 239 cm³/mol. The van der Waals surface area contributed by atoms with Gasteiger partial charge in [0.15, 0.2) is 17.5 Å². The Morgan fingerprint density at radius 1 is 0.293 bits per heavy atom. The van der Waals surface area contributed by atoms with E-state index < -0.39 is 0 Å². The van der Waals surface area contributed by atoms with Crippen LogP contribution in [0, 0.1) is 0 Å². The van der Waals surface area contributed by atoms with Crippen molar-refractivity contribution < 1.29 is 0 Å². The molecule has 0 saturated carbocycles. The van der Waals surface area contributed by atoms with Gasteiger partial charge in [-0.3, -0.25) is 0 Å². The molecule has 270 valence electrons. The number of rotatable bonds is 5. The lowest BCUT2D eigenvalue weighted by molar-refractivity contribution is 1.07. The van der Waals surface area contributed by atoms with Gasteiger partial charge in [-0.1, -0.05) is 158 Å². The number of fused-ring (bicyclic) bond motifs is 12. The fourth-order valence-corrected chi connectivity index (χ4v) is 8.88. The minimum atomic E-state index is 0.645. The van der Waals surface area contributed by atoms with Crippen molar-refractivity contribution >= 4 is 59.9 Å². The Labute approximate surface area is 333 Å². The first kappa shape index (κ1) is 32.4. The number of pyridine rings is 1. The molecule has 0 aliphatic rings. The van der Waals surface area contributed by atoms with E-state index >= 15 is 0 Å². The second-order valence-electron chi connectivity index (χ2n) is 14.8. The van der Waals surface area contributed by atoms with Crippen molar-refractivity contribution in [1.29, 1.82) is 0 Å². The standard InChI is InChI=1S/C53H33N5/c1-3-13-36(14-4-1)51-54-52(37-15-5-2-6-16-37)56-53(55-51)38-25-23-34(24-26-38)35-27-29-40(30-28-35)57-46-22-12-9-19-43(46)50-47(57)32-31-42-41-18-8-11-21-45(41)58-44-20-10-7-17-39(44)33-48(58)49(42)50/h1-33H. The lowest BCUT2D eigenvalue weighted by atomic mass is 10.00. The Morgan fingerprint density at radius 2 is 0.776 bits per heavy atom. The van der Waals surface area contributed by atoms with Crippen LogP contribution in [0.4, 0.5) is 0 Å². The zero-order valence-electron chi connectivity index (χ0n) is 31.3. The molecule has 12 aromatic rings. The summed E-state index contributed by atoms with van der Waals surface area (Å²) in [6.07, 6.45) is 0. The van der Waals surface area contributed by atoms with Crippen LogP contribution in [-0.4, -0.2) is 23.9 Å². The molecule has 0 radical (unpaired) electrons. The first-order valence-electron chi connectivity index (χ1n) is 19.6. The number of benzene rings is 8. The highest BCUT2D eigenvalue weighted by Gasteiger charge is 2.20. The van der Waals surface area contributed by atoms with E-state index in [0.717, 1.165) is 33.5 Å². The fourth-order valence-electron chi connectivity index (χ4n) is 8.88. The number of aromatic nitrogens is 5. The third-order valence-corrected chi connectivity index (χ3v) is 11.5. The van der Waals surface area contributed by atoms with E-state index in [0.29, 0.717) is 17.5 Å². The molecule has 0 atom stereocenters. The second-order valence-corrected chi connectivity index (χ2v) is 14.8. The molecule has 8 aromatic carbocycles. The Balaban J connectivity index is 0.967. The normalized spacial score (nSPS) is 11.8. The van der Waals surface area contributed by atoms with Crippen LogP contribution in [0.3, 0.4) is 0 Å². The highest BCUT2D eigenvalue weighted by Crippen LogP contribution is 2.43. The van der Waals surface area contributed by atoms with Gasteiger partial charge in [-0.25, -0.2) is 15.0 Å². The molecule has 0 unspecified atom stereocenters. The first-order valence-corrected chi connectivity index (χ1v) is 19.6. The van der Waals surface area contributed by atoms with Crippen molar-refractivity contribution in [2.45, 2.75) is 0 Å². The van der Waals surface area contributed by atoms with E-state index in [1.165, 1.54) is 59.9 Å². The monoisotopic (exact) mass is 739 g/mol. The summed E-state index contributed by atoms with van der Waals surface area (Å²) < 4.78 is 4.87. The van der Waals surface area contributed by atoms with Crippen LogP contribution in [0.5, 0.6) is 0 Å². The average molecular weight is 740 g/mol. The molecule has 0 spiro atoms. The molecule has 4 heterocycles. The van der Waals surface area contributed by atoms with E-state index in [4.69, 9.17) is 15.0 Å². The zero-order chi connectivity index (χ0) is 38.2. The SMILES string of the molecule is c1ccc(-c2nc(-c3ccccc3)nc(-c3ccc(-c4ccc(-n5c6ccccc6c6c7c(ccc65)c5ccccc5n5c6ccccc6cc75)cc4)cc3)n2)cc1. The lowest BCUT2D eigenvalue weighted by Crippen LogP contribution is -2.00. The van der Waals surface area contributed by atoms with Gasteiger partial charge in [0.2, 0.25) is 0 Å². The molecule has 0 aliphatic carbocycles. The molecule has 5 nitrogen and oxygen atoms in total. The van der Waals surface area contributed by atoms with Gasteiger partial charge in [0, 0.05) is 49.3 Å². The topological polar surface area (TPSA) is 48.0 Å². The van der Waals surface area contributed by atoms with Crippen LogP contribution >= 0.6 is 0 Å². The van der Waals surface area contributed by atoms with Crippen LogP contribution in [0.1, 0.15) is 0 Å². The zero-order valence-corrected chi connectivity index (χ0v) is 31.3. The number of para-hydroxylation sites is 3. The van der Waals surface area contributed by atoms with Crippen molar-refractivity contribution in [3.8, 4) is 51.0 Å². The van der Waals surface area contributed by atoms with Crippen LogP contribution < -0.4 is 0 Å². The number of nitrogens with zero attached hydrogens (tertiary/aromatic N) is 5. The molecule has 0 amide bonds. The third kappa shape index (κ3) is 5.00. The molecular formula is C53H33N5. The smallest absolute Gasteiger partial charge is 0.164 e. The molecular weight excluding hydrogens is 707 g/mol. The maximum absolute atomic E-state index is 4.93. The summed E-state index contributed by atoms with van der Waals surface area (Å²) in [7, 11) is 0. The summed E-state index contributed by atoms with van der Waals surface area (Å²) >= 11 is 0. The van der Waals surface area contributed by atoms with Gasteiger partial charge in [0.25, 0.3) is 0 Å². The van der Waals surface area contributed by atoms with Gasteiger partial charge in [-0.05, 0) is 59.0 Å². The van der Waals surface area contributed by atoms with Crippen molar-refractivity contribution in [3.63, 3.8) is 0 Å². The maximum atomic E-state index is 4.93. The largest absolute Gasteiger partial charge is 0.309 e. The van der Waals surface area contributed by atoms with Gasteiger partial charge in [-0.2, -0.15) is 0 Å². The number of hydrogen-bond donors (Lipinski definition) is 0. The van der Waals surface area contributed by atoms with E-state index in [1.54, 1.807) is 0 Å². The Morgan fingerprint density at radius 3 is 1.43 bits per heavy atom. The Bertz CT molecular complexity index is 3470. The summed E-state index contributed by atoms with van der Waals surface area (Å²) in [5, 5.41) is 7.56. The highest BCUT2D eigenvalue weighted by atomic mass is 15.0. The van der Waals surface area contributed by atoms with Crippen molar-refractivity contribution in [2.75, 3.05) is 0 Å². The molecule has 0 fully saturated rings. The molecule has 12 rings (SSSR count). The van der Waals surface area contributed by atoms with Gasteiger partial charge < -0.3 is 8.97 Å². The minimum absolute atomic E-state index is 0.645. The molecule has 0 saturated heterocycles. The van der Waals surface area contributed by atoms with Gasteiger partial charge in [0.1, 0.15) is 0 Å². The summed E-state index contributed by atoms with van der Waals surface area (Å²) in [6.45, 7) is 0. The Hall–Kier alpha value is -7.89. The van der Waals surface area contributed by atoms with Gasteiger partial charge in [0.05, 0.1) is 27.6 Å². The summed E-state index contributed by atoms with van der Waals surface area (Å²) in [6, 6.07) is 71.0. The molecule has 58 heavy (non-hydrogen) atoms. The third-order valence-electron chi connectivity index (χ3n) is 11.5. The Kier molecular flexibility index (Phi) is 7.16. The van der Waals surface area contributed by atoms with Gasteiger partial charge in [-0.15, -0.1) is 0 Å². The van der Waals surface area contributed by atoms with Crippen LogP contribution in [0.2, 0.25) is 0 Å². The average Bonchev–Trinajstić information content (AvgIpc) is 3.86. The minimum Gasteiger partial charge on any atom is -0.309 e. The quantitative estimate of drug-likeness (QED) is 0.165. The molecule has 5 heteroatoms. The summed E-state index contributed by atoms with van der Waals surface area (Å²) in [5.41, 5.74) is 12.3. The van der Waals surface area contributed by atoms with Crippen LogP contribution in [0.15, 0.2) is 200 Å². The van der Waals surface area contributed by atoms with Crippen molar-refractivity contribution in [3.05, 3.63) is 200 Å². The first-order chi connectivity index (χ1) is 28.8. The van der Waals surface area contributed by atoms with E-state index in [9.17, 15) is 0 Å². The number of hydrogen-bond acceptors (Lipinski definition) is 3. The molecule has 0 N–H and O–H groups in total. The van der Waals surface area contributed by atoms with Crippen LogP contribution in [-0.2, 0) is 0 Å². The van der Waals surface area contributed by atoms with Gasteiger partial charge >= 0.3 is 0 Å². The van der Waals surface area contributed by atoms with Crippen molar-refractivity contribution in [2.24, 2.45) is 0 Å². The molecule has 4 aromatic heterocycles. The maximum Gasteiger partial charge on any atom is 0.164 e. The highest BCUT2D eigenvalue weighted by molar-refractivity contribution is 6.30. The fraction of sp³-hybridized carbons (Fsp3) is 0. The molecule has 0 aliphatic heterocycles. The molecule has 0 bridgehead atoms. The van der Waals surface area contributed by atoms with E-state index in [-0.39, 0.29) is 0 Å². The summed E-state index contributed by atoms with van der Waals surface area (Å²) in [4.78, 5) is 14.7. The van der Waals surface area contributed by atoms with E-state index in [2.05, 4.69) is 148 Å². The van der Waals surface area contributed by atoms with Crippen molar-refractivity contribution in [1.82, 2.24) is 23.9 Å². The second kappa shape index (κ2) is 12.8. The lowest BCUT2D eigenvalue weighted by Gasteiger charge is -2.13. The summed E-state index contributed by atoms with van der Waals surface area (Å²) in [5.74, 6) is 1.95. The van der Waals surface area contributed by atoms with E-state index in [1.807, 2.05) is 60.7 Å². The predicted octanol–water partition coefficient (Wildman–Crippen LogP) is 13.3.